The van der Waals surface area contributed by atoms with Gasteiger partial charge in [-0.3, -0.25) is 0 Å². The second-order valence-electron chi connectivity index (χ2n) is 3.33. The van der Waals surface area contributed by atoms with Gasteiger partial charge in [-0.1, -0.05) is 15.9 Å². The van der Waals surface area contributed by atoms with Crippen LogP contribution < -0.4 is 5.73 Å². The average Bonchev–Trinajstić information content (AvgIpc) is 2.86. The zero-order valence-corrected chi connectivity index (χ0v) is 11.9. The van der Waals surface area contributed by atoms with Gasteiger partial charge >= 0.3 is 0 Å². The number of nitrogen functional groups attached to an aromatic ring is 1. The zero-order chi connectivity index (χ0) is 13.1. The number of nitrogens with two attached hydrogens (primary N) is 1. The molecule has 0 atom stereocenters. The fourth-order valence-electron chi connectivity index (χ4n) is 1.46. The Morgan fingerprint density at radius 2 is 2.28 bits per heavy atom. The number of thioether (sulfide) groups is 1. The van der Waals surface area contributed by atoms with E-state index in [1.165, 1.54) is 11.8 Å². The fourth-order valence-corrected chi connectivity index (χ4v) is 2.29. The summed E-state index contributed by atoms with van der Waals surface area (Å²) in [7, 11) is 0. The number of hydrogen-bond donors (Lipinski definition) is 1. The largest absolute Gasteiger partial charge is 0.459 e. The smallest absolute Gasteiger partial charge is 0.221 e. The maximum atomic E-state index is 9.21. The summed E-state index contributed by atoms with van der Waals surface area (Å²) in [6.45, 7) is 0. The van der Waals surface area contributed by atoms with Crippen LogP contribution in [0.1, 0.15) is 11.3 Å². The Hall–Kier alpha value is -1.52. The molecule has 2 aromatic heterocycles. The van der Waals surface area contributed by atoms with Crippen molar-refractivity contribution < 1.29 is 4.42 Å². The van der Waals surface area contributed by atoms with E-state index in [-0.39, 0.29) is 5.95 Å². The Balaban J connectivity index is 2.62. The van der Waals surface area contributed by atoms with E-state index in [1.807, 2.05) is 12.3 Å². The van der Waals surface area contributed by atoms with Gasteiger partial charge in [0.05, 0.1) is 5.33 Å². The first-order valence-corrected chi connectivity index (χ1v) is 7.31. The molecule has 0 saturated carbocycles. The number of rotatable bonds is 3. The summed E-state index contributed by atoms with van der Waals surface area (Å²) >= 11 is 4.65. The van der Waals surface area contributed by atoms with Gasteiger partial charge in [0, 0.05) is 0 Å². The lowest BCUT2D eigenvalue weighted by atomic mass is 10.2. The molecule has 7 heteroatoms. The summed E-state index contributed by atoms with van der Waals surface area (Å²) in [5.41, 5.74) is 6.45. The molecule has 0 saturated heterocycles. The number of hydrogen-bond acceptors (Lipinski definition) is 6. The van der Waals surface area contributed by atoms with Crippen LogP contribution in [0, 0.1) is 11.3 Å². The summed E-state index contributed by atoms with van der Waals surface area (Å²) < 4.78 is 5.56. The summed E-state index contributed by atoms with van der Waals surface area (Å²) in [5, 5.41) is 10.4. The van der Waals surface area contributed by atoms with Crippen molar-refractivity contribution in [1.82, 2.24) is 9.97 Å². The van der Waals surface area contributed by atoms with Crippen molar-refractivity contribution in [2.24, 2.45) is 0 Å². The molecule has 2 rings (SSSR count). The van der Waals surface area contributed by atoms with E-state index >= 15 is 0 Å². The molecule has 2 N–H and O–H groups in total. The van der Waals surface area contributed by atoms with Crippen LogP contribution in [0.2, 0.25) is 0 Å². The Morgan fingerprint density at radius 3 is 2.83 bits per heavy atom. The second-order valence-corrected chi connectivity index (χ2v) is 4.68. The van der Waals surface area contributed by atoms with E-state index in [4.69, 9.17) is 10.2 Å². The number of halogens is 1. The minimum Gasteiger partial charge on any atom is -0.459 e. The normalized spacial score (nSPS) is 10.3. The summed E-state index contributed by atoms with van der Waals surface area (Å²) in [5.74, 6) is 1.41. The van der Waals surface area contributed by atoms with Crippen LogP contribution >= 0.6 is 27.7 Å². The van der Waals surface area contributed by atoms with Crippen molar-refractivity contribution in [3.05, 3.63) is 23.5 Å². The van der Waals surface area contributed by atoms with Crippen molar-refractivity contribution >= 4 is 33.6 Å². The molecule has 0 amide bonds. The molecule has 2 aromatic rings. The highest BCUT2D eigenvalue weighted by molar-refractivity contribution is 9.08. The quantitative estimate of drug-likeness (QED) is 0.530. The van der Waals surface area contributed by atoms with Crippen LogP contribution in [0.5, 0.6) is 0 Å². The molecule has 0 fully saturated rings. The second kappa shape index (κ2) is 5.42. The standard InChI is InChI=1S/C11H9BrN4OS/c1-18-10-7(5-13)9(15-11(14)16-10)8-3-2-6(4-12)17-8/h2-3H,4H2,1H3,(H2,14,15,16). The molecule has 0 aliphatic carbocycles. The number of anilines is 1. The lowest BCUT2D eigenvalue weighted by molar-refractivity contribution is 0.543. The van der Waals surface area contributed by atoms with E-state index in [2.05, 4.69) is 32.0 Å². The van der Waals surface area contributed by atoms with Gasteiger partial charge in [0.25, 0.3) is 0 Å². The minimum absolute atomic E-state index is 0.130. The van der Waals surface area contributed by atoms with Crippen LogP contribution in [0.15, 0.2) is 21.6 Å². The number of aromatic nitrogens is 2. The zero-order valence-electron chi connectivity index (χ0n) is 9.48. The third-order valence-electron chi connectivity index (χ3n) is 2.23. The molecular formula is C11H9BrN4OS. The molecule has 0 unspecified atom stereocenters. The van der Waals surface area contributed by atoms with Crippen LogP contribution in [-0.2, 0) is 5.33 Å². The fraction of sp³-hybridized carbons (Fsp3) is 0.182. The van der Waals surface area contributed by atoms with Crippen molar-refractivity contribution in [2.75, 3.05) is 12.0 Å². The van der Waals surface area contributed by atoms with Crippen LogP contribution in [-0.4, -0.2) is 16.2 Å². The van der Waals surface area contributed by atoms with Crippen molar-refractivity contribution in [1.29, 1.82) is 5.26 Å². The predicted molar refractivity (Wildman–Crippen MR) is 73.3 cm³/mol. The third kappa shape index (κ3) is 2.35. The van der Waals surface area contributed by atoms with Crippen molar-refractivity contribution in [3.8, 4) is 17.5 Å². The number of furan rings is 1. The van der Waals surface area contributed by atoms with E-state index in [0.717, 1.165) is 5.76 Å². The Labute approximate surface area is 117 Å². The molecule has 92 valence electrons. The van der Waals surface area contributed by atoms with E-state index in [9.17, 15) is 5.26 Å². The Kier molecular flexibility index (Phi) is 3.89. The van der Waals surface area contributed by atoms with E-state index < -0.39 is 0 Å². The highest BCUT2D eigenvalue weighted by Crippen LogP contribution is 2.29. The molecule has 0 bridgehead atoms. The van der Waals surface area contributed by atoms with Gasteiger partial charge < -0.3 is 10.2 Å². The molecule has 0 aliphatic heterocycles. The number of nitrogens with zero attached hydrogens (tertiary/aromatic N) is 3. The van der Waals surface area contributed by atoms with Gasteiger partial charge in [0.15, 0.2) is 5.76 Å². The molecule has 2 heterocycles. The monoisotopic (exact) mass is 324 g/mol. The molecule has 18 heavy (non-hydrogen) atoms. The van der Waals surface area contributed by atoms with E-state index in [1.54, 1.807) is 6.07 Å². The van der Waals surface area contributed by atoms with Gasteiger partial charge in [-0.25, -0.2) is 9.97 Å². The predicted octanol–water partition coefficient (Wildman–Crippen LogP) is 2.81. The summed E-state index contributed by atoms with van der Waals surface area (Å²) in [6, 6.07) is 5.68. The Morgan fingerprint density at radius 1 is 1.50 bits per heavy atom. The SMILES string of the molecule is CSc1nc(N)nc(-c2ccc(CBr)o2)c1C#N. The average molecular weight is 325 g/mol. The highest BCUT2D eigenvalue weighted by atomic mass is 79.9. The first kappa shape index (κ1) is 12.9. The van der Waals surface area contributed by atoms with Crippen LogP contribution in [0.3, 0.4) is 0 Å². The lowest BCUT2D eigenvalue weighted by Gasteiger charge is -2.05. The van der Waals surface area contributed by atoms with Gasteiger partial charge in [-0.05, 0) is 18.4 Å². The first-order valence-electron chi connectivity index (χ1n) is 4.96. The van der Waals surface area contributed by atoms with Gasteiger partial charge in [0.1, 0.15) is 28.1 Å². The molecule has 0 aliphatic rings. The van der Waals surface area contributed by atoms with Crippen LogP contribution in [0.25, 0.3) is 11.5 Å². The lowest BCUT2D eigenvalue weighted by Crippen LogP contribution is -2.01. The first-order chi connectivity index (χ1) is 8.69. The van der Waals surface area contributed by atoms with Crippen molar-refractivity contribution in [3.63, 3.8) is 0 Å². The van der Waals surface area contributed by atoms with E-state index in [0.29, 0.717) is 27.4 Å². The molecule has 0 aromatic carbocycles. The highest BCUT2D eigenvalue weighted by Gasteiger charge is 2.17. The van der Waals surface area contributed by atoms with Crippen molar-refractivity contribution in [2.45, 2.75) is 10.4 Å². The third-order valence-corrected chi connectivity index (χ3v) is 3.46. The Bertz CT molecular complexity index is 620. The number of nitriles is 1. The maximum absolute atomic E-state index is 9.21. The number of alkyl halides is 1. The van der Waals surface area contributed by atoms with Gasteiger partial charge in [-0.15, -0.1) is 11.8 Å². The van der Waals surface area contributed by atoms with Gasteiger partial charge in [-0.2, -0.15) is 5.26 Å². The molecule has 0 radical (unpaired) electrons. The molecule has 5 nitrogen and oxygen atoms in total. The van der Waals surface area contributed by atoms with Crippen LogP contribution in [0.4, 0.5) is 5.95 Å². The topological polar surface area (TPSA) is 88.7 Å². The van der Waals surface area contributed by atoms with Gasteiger partial charge in [0.2, 0.25) is 5.95 Å². The summed E-state index contributed by atoms with van der Waals surface area (Å²) in [4.78, 5) is 8.12. The summed E-state index contributed by atoms with van der Waals surface area (Å²) in [6.07, 6.45) is 1.83. The maximum Gasteiger partial charge on any atom is 0.221 e. The molecular weight excluding hydrogens is 316 g/mol. The minimum atomic E-state index is 0.130. The molecule has 0 spiro atoms.